The fourth-order valence-electron chi connectivity index (χ4n) is 1.25. The van der Waals surface area contributed by atoms with Gasteiger partial charge in [-0.1, -0.05) is 18.2 Å². The molecular formula is C9H11O5P. The number of carboxylic acid groups (broad SMARTS) is 1. The maximum absolute atomic E-state index is 11.1. The molecule has 6 heteroatoms. The molecule has 5 nitrogen and oxygen atoms in total. The third-order valence-corrected chi connectivity index (χ3v) is 3.12. The molecule has 1 rings (SSSR count). The van der Waals surface area contributed by atoms with E-state index in [1.165, 1.54) is 25.1 Å². The van der Waals surface area contributed by atoms with E-state index in [0.29, 0.717) is 0 Å². The van der Waals surface area contributed by atoms with Crippen molar-refractivity contribution in [2.45, 2.75) is 12.8 Å². The van der Waals surface area contributed by atoms with Crippen molar-refractivity contribution in [3.8, 4) is 0 Å². The van der Waals surface area contributed by atoms with Gasteiger partial charge in [0.25, 0.3) is 0 Å². The van der Waals surface area contributed by atoms with Gasteiger partial charge in [-0.05, 0) is 18.6 Å². The van der Waals surface area contributed by atoms with Gasteiger partial charge in [0.05, 0.1) is 11.2 Å². The highest BCUT2D eigenvalue weighted by Gasteiger charge is 2.26. The van der Waals surface area contributed by atoms with Crippen molar-refractivity contribution in [2.75, 3.05) is 0 Å². The first-order chi connectivity index (χ1) is 6.84. The number of carbonyl (C=O) groups is 1. The Hall–Kier alpha value is -1.16. The molecule has 0 aromatic heterocycles. The van der Waals surface area contributed by atoms with E-state index < -0.39 is 19.5 Å². The Morgan fingerprint density at radius 2 is 1.87 bits per heavy atom. The Bertz CT molecular complexity index is 422. The monoisotopic (exact) mass is 230 g/mol. The molecule has 0 heterocycles. The lowest BCUT2D eigenvalue weighted by atomic mass is 10.0. The number of hydrogen-bond donors (Lipinski definition) is 3. The second kappa shape index (κ2) is 4.14. The van der Waals surface area contributed by atoms with Crippen LogP contribution in [0.15, 0.2) is 24.3 Å². The summed E-state index contributed by atoms with van der Waals surface area (Å²) < 4.78 is 11.1. The van der Waals surface area contributed by atoms with E-state index in [-0.39, 0.29) is 10.9 Å². The zero-order valence-electron chi connectivity index (χ0n) is 7.99. The number of hydrogen-bond acceptors (Lipinski definition) is 2. The molecule has 0 spiro atoms. The highest BCUT2D eigenvalue weighted by Crippen LogP contribution is 2.36. The topological polar surface area (TPSA) is 94.8 Å². The first-order valence-corrected chi connectivity index (χ1v) is 5.83. The molecule has 0 amide bonds. The van der Waals surface area contributed by atoms with Gasteiger partial charge in [-0.25, -0.2) is 0 Å². The summed E-state index contributed by atoms with van der Waals surface area (Å²) in [6.07, 6.45) is 0. The van der Waals surface area contributed by atoms with E-state index in [0.717, 1.165) is 0 Å². The van der Waals surface area contributed by atoms with Gasteiger partial charge in [-0.3, -0.25) is 9.36 Å². The van der Waals surface area contributed by atoms with Crippen LogP contribution in [0.25, 0.3) is 0 Å². The maximum Gasteiger partial charge on any atom is 0.356 e. The van der Waals surface area contributed by atoms with Crippen molar-refractivity contribution in [3.63, 3.8) is 0 Å². The second-order valence-electron chi connectivity index (χ2n) is 3.16. The number of benzene rings is 1. The Kier molecular flexibility index (Phi) is 3.29. The first-order valence-electron chi connectivity index (χ1n) is 4.22. The van der Waals surface area contributed by atoms with Gasteiger partial charge >= 0.3 is 13.6 Å². The lowest BCUT2D eigenvalue weighted by Gasteiger charge is -2.13. The Morgan fingerprint density at radius 1 is 1.33 bits per heavy atom. The average Bonchev–Trinajstić information content (AvgIpc) is 2.15. The van der Waals surface area contributed by atoms with Crippen molar-refractivity contribution in [1.82, 2.24) is 0 Å². The van der Waals surface area contributed by atoms with Crippen LogP contribution in [0, 0.1) is 0 Å². The SMILES string of the molecule is CC(C(=O)O)c1ccccc1P(=O)(O)O. The van der Waals surface area contributed by atoms with Gasteiger partial charge in [-0.15, -0.1) is 0 Å². The molecule has 1 aromatic rings. The minimum atomic E-state index is -4.41. The minimum absolute atomic E-state index is 0.151. The van der Waals surface area contributed by atoms with Crippen LogP contribution in [0.4, 0.5) is 0 Å². The van der Waals surface area contributed by atoms with E-state index in [1.54, 1.807) is 6.07 Å². The maximum atomic E-state index is 11.1. The highest BCUT2D eigenvalue weighted by atomic mass is 31.2. The molecule has 1 aromatic carbocycles. The van der Waals surface area contributed by atoms with Crippen molar-refractivity contribution in [2.24, 2.45) is 0 Å². The van der Waals surface area contributed by atoms with Gasteiger partial charge in [0.15, 0.2) is 0 Å². The van der Waals surface area contributed by atoms with Crippen LogP contribution in [-0.2, 0) is 9.36 Å². The summed E-state index contributed by atoms with van der Waals surface area (Å²) in [4.78, 5) is 28.8. The van der Waals surface area contributed by atoms with Gasteiger partial charge in [0.1, 0.15) is 0 Å². The van der Waals surface area contributed by atoms with Crippen LogP contribution < -0.4 is 5.30 Å². The number of aliphatic carboxylic acids is 1. The molecule has 0 bridgehead atoms. The molecule has 0 saturated carbocycles. The van der Waals surface area contributed by atoms with Crippen molar-refractivity contribution in [1.29, 1.82) is 0 Å². The summed E-state index contributed by atoms with van der Waals surface area (Å²) in [6.45, 7) is 1.39. The molecule has 1 unspecified atom stereocenters. The Morgan fingerprint density at radius 3 is 2.33 bits per heavy atom. The van der Waals surface area contributed by atoms with Crippen LogP contribution in [-0.4, -0.2) is 20.9 Å². The third kappa shape index (κ3) is 2.65. The lowest BCUT2D eigenvalue weighted by Crippen LogP contribution is -2.18. The normalized spacial score (nSPS) is 13.5. The van der Waals surface area contributed by atoms with Gasteiger partial charge in [0, 0.05) is 0 Å². The number of rotatable bonds is 3. The largest absolute Gasteiger partial charge is 0.481 e. The zero-order chi connectivity index (χ0) is 11.6. The summed E-state index contributed by atoms with van der Waals surface area (Å²) in [6, 6.07) is 5.67. The Balaban J connectivity index is 3.30. The molecule has 82 valence electrons. The molecule has 0 radical (unpaired) electrons. The van der Waals surface area contributed by atoms with Crippen molar-refractivity contribution in [3.05, 3.63) is 29.8 Å². The van der Waals surface area contributed by atoms with Gasteiger partial charge in [0.2, 0.25) is 0 Å². The third-order valence-electron chi connectivity index (χ3n) is 2.09. The molecule has 15 heavy (non-hydrogen) atoms. The average molecular weight is 230 g/mol. The molecule has 0 aliphatic heterocycles. The fourth-order valence-corrected chi connectivity index (χ4v) is 2.14. The molecule has 0 aliphatic rings. The first kappa shape index (κ1) is 11.9. The summed E-state index contributed by atoms with van der Waals surface area (Å²) in [5.74, 6) is -2.05. The summed E-state index contributed by atoms with van der Waals surface area (Å²) in [5, 5.41) is 8.55. The predicted molar refractivity (Wildman–Crippen MR) is 54.2 cm³/mol. The molecule has 0 fully saturated rings. The molecule has 1 atom stereocenters. The van der Waals surface area contributed by atoms with Crippen LogP contribution in [0.1, 0.15) is 18.4 Å². The Labute approximate surface area is 86.5 Å². The van der Waals surface area contributed by atoms with Gasteiger partial charge < -0.3 is 14.9 Å². The van der Waals surface area contributed by atoms with Crippen molar-refractivity contribution >= 4 is 18.9 Å². The van der Waals surface area contributed by atoms with Crippen molar-refractivity contribution < 1.29 is 24.3 Å². The van der Waals surface area contributed by atoms with E-state index in [4.69, 9.17) is 14.9 Å². The summed E-state index contributed by atoms with van der Waals surface area (Å²) in [5.41, 5.74) is 0.151. The molecule has 3 N–H and O–H groups in total. The summed E-state index contributed by atoms with van der Waals surface area (Å²) >= 11 is 0. The smallest absolute Gasteiger partial charge is 0.356 e. The van der Waals surface area contributed by atoms with E-state index in [9.17, 15) is 9.36 Å². The predicted octanol–water partition coefficient (Wildman–Crippen LogP) is 0.678. The van der Waals surface area contributed by atoms with E-state index in [2.05, 4.69) is 0 Å². The zero-order valence-corrected chi connectivity index (χ0v) is 8.89. The van der Waals surface area contributed by atoms with Crippen LogP contribution >= 0.6 is 7.60 Å². The molecule has 0 aliphatic carbocycles. The second-order valence-corrected chi connectivity index (χ2v) is 4.73. The summed E-state index contributed by atoms with van der Waals surface area (Å²) in [7, 11) is -4.41. The van der Waals surface area contributed by atoms with Crippen LogP contribution in [0.2, 0.25) is 0 Å². The standard InChI is InChI=1S/C9H11O5P/c1-6(9(10)11)7-4-2-3-5-8(7)15(12,13)14/h2-6H,1H3,(H,10,11)(H2,12,13,14). The lowest BCUT2D eigenvalue weighted by molar-refractivity contribution is -0.138. The minimum Gasteiger partial charge on any atom is -0.481 e. The highest BCUT2D eigenvalue weighted by molar-refractivity contribution is 7.60. The molecule has 0 saturated heterocycles. The van der Waals surface area contributed by atoms with Crippen LogP contribution in [0.3, 0.4) is 0 Å². The molecular weight excluding hydrogens is 219 g/mol. The fraction of sp³-hybridized carbons (Fsp3) is 0.222. The quantitative estimate of drug-likeness (QED) is 0.663. The van der Waals surface area contributed by atoms with Crippen LogP contribution in [0.5, 0.6) is 0 Å². The number of carboxylic acids is 1. The van der Waals surface area contributed by atoms with E-state index in [1.807, 2.05) is 0 Å². The van der Waals surface area contributed by atoms with E-state index >= 15 is 0 Å². The van der Waals surface area contributed by atoms with Gasteiger partial charge in [-0.2, -0.15) is 0 Å².